The molecule has 104 valence electrons. The summed E-state index contributed by atoms with van der Waals surface area (Å²) >= 11 is 16.8. The van der Waals surface area contributed by atoms with Crippen molar-refractivity contribution in [3.05, 3.63) is 33.8 Å². The van der Waals surface area contributed by atoms with Crippen LogP contribution in [0, 0.1) is 0 Å². The summed E-state index contributed by atoms with van der Waals surface area (Å²) in [5, 5.41) is 3.70. The molecule has 1 amide bonds. The fourth-order valence-electron chi connectivity index (χ4n) is 1.81. The van der Waals surface area contributed by atoms with Crippen molar-refractivity contribution in [2.75, 3.05) is 0 Å². The van der Waals surface area contributed by atoms with Crippen LogP contribution in [0.5, 0.6) is 0 Å². The first kappa shape index (κ1) is 16.2. The predicted octanol–water partition coefficient (Wildman–Crippen LogP) is 3.57. The molecule has 0 radical (unpaired) electrons. The summed E-state index contributed by atoms with van der Waals surface area (Å²) in [5.41, 5.74) is 5.45. The maximum atomic E-state index is 12.2. The van der Waals surface area contributed by atoms with Gasteiger partial charge in [0.2, 0.25) is 0 Å². The van der Waals surface area contributed by atoms with Gasteiger partial charge in [0.1, 0.15) is 0 Å². The summed E-state index contributed by atoms with van der Waals surface area (Å²) in [6.07, 6.45) is 1.25. The molecular formula is C13H16Cl2N2OS. The molecule has 0 aliphatic carbocycles. The molecule has 0 unspecified atom stereocenters. The van der Waals surface area contributed by atoms with Crippen LogP contribution < -0.4 is 11.1 Å². The summed E-state index contributed by atoms with van der Waals surface area (Å²) in [6, 6.07) is 4.68. The Morgan fingerprint density at radius 2 is 1.74 bits per heavy atom. The van der Waals surface area contributed by atoms with E-state index in [4.69, 9.17) is 41.2 Å². The molecule has 1 aromatic rings. The number of amides is 1. The van der Waals surface area contributed by atoms with E-state index in [1.807, 2.05) is 13.8 Å². The zero-order chi connectivity index (χ0) is 14.6. The third-order valence-corrected chi connectivity index (χ3v) is 3.98. The summed E-state index contributed by atoms with van der Waals surface area (Å²) in [5.74, 6) is -0.291. The van der Waals surface area contributed by atoms with Gasteiger partial charge < -0.3 is 11.1 Å². The maximum absolute atomic E-state index is 12.2. The van der Waals surface area contributed by atoms with Gasteiger partial charge in [0, 0.05) is 15.6 Å². The Morgan fingerprint density at radius 1 is 1.26 bits per heavy atom. The molecule has 3 nitrogen and oxygen atoms in total. The number of carbonyl (C=O) groups excluding carboxylic acids is 1. The minimum Gasteiger partial charge on any atom is -0.391 e. The topological polar surface area (TPSA) is 55.1 Å². The van der Waals surface area contributed by atoms with Crippen LogP contribution in [-0.2, 0) is 0 Å². The fourth-order valence-corrected chi connectivity index (χ4v) is 2.68. The van der Waals surface area contributed by atoms with Crippen molar-refractivity contribution < 1.29 is 4.79 Å². The van der Waals surface area contributed by atoms with E-state index in [0.717, 1.165) is 0 Å². The second-order valence-corrected chi connectivity index (χ2v) is 5.58. The van der Waals surface area contributed by atoms with Gasteiger partial charge in [-0.15, -0.1) is 0 Å². The first-order valence-corrected chi connectivity index (χ1v) is 7.09. The molecule has 0 aromatic heterocycles. The van der Waals surface area contributed by atoms with Crippen LogP contribution in [0.1, 0.15) is 37.0 Å². The van der Waals surface area contributed by atoms with E-state index in [1.165, 1.54) is 0 Å². The molecule has 6 heteroatoms. The minimum absolute atomic E-state index is 0.277. The smallest absolute Gasteiger partial charge is 0.252 e. The average molecular weight is 319 g/mol. The van der Waals surface area contributed by atoms with Crippen LogP contribution in [0.4, 0.5) is 0 Å². The third-order valence-electron chi connectivity index (χ3n) is 3.16. The molecule has 0 spiro atoms. The van der Waals surface area contributed by atoms with Gasteiger partial charge in [-0.05, 0) is 31.0 Å². The van der Waals surface area contributed by atoms with Crippen LogP contribution in [0.25, 0.3) is 0 Å². The van der Waals surface area contributed by atoms with Crippen molar-refractivity contribution >= 4 is 46.3 Å². The monoisotopic (exact) mass is 318 g/mol. The Morgan fingerprint density at radius 3 is 2.11 bits per heavy atom. The number of nitrogens with one attached hydrogen (secondary N) is 1. The second-order valence-electron chi connectivity index (χ2n) is 4.27. The Balaban J connectivity index is 3.03. The number of rotatable bonds is 5. The number of halogens is 2. The number of hydrogen-bond acceptors (Lipinski definition) is 2. The summed E-state index contributed by atoms with van der Waals surface area (Å²) in [7, 11) is 0. The van der Waals surface area contributed by atoms with Gasteiger partial charge in [-0.3, -0.25) is 4.79 Å². The van der Waals surface area contributed by atoms with Crippen LogP contribution in [-0.4, -0.2) is 16.4 Å². The minimum atomic E-state index is -0.679. The van der Waals surface area contributed by atoms with Gasteiger partial charge in [-0.25, -0.2) is 0 Å². The quantitative estimate of drug-likeness (QED) is 0.816. The molecule has 0 heterocycles. The molecule has 0 saturated heterocycles. The SMILES string of the molecule is CCC(CC)(NC(=O)c1cc(Cl)cc(Cl)c1)C(N)=S. The molecule has 0 saturated carbocycles. The molecular weight excluding hydrogens is 303 g/mol. The van der Waals surface area contributed by atoms with E-state index in [1.54, 1.807) is 18.2 Å². The molecule has 0 aliphatic heterocycles. The zero-order valence-electron chi connectivity index (χ0n) is 10.8. The van der Waals surface area contributed by atoms with E-state index in [9.17, 15) is 4.79 Å². The third kappa shape index (κ3) is 3.81. The lowest BCUT2D eigenvalue weighted by atomic mass is 9.92. The summed E-state index contributed by atoms with van der Waals surface area (Å²) < 4.78 is 0. The van der Waals surface area contributed by atoms with Crippen molar-refractivity contribution in [1.82, 2.24) is 5.32 Å². The molecule has 0 aliphatic rings. The Hall–Kier alpha value is -0.840. The van der Waals surface area contributed by atoms with Crippen molar-refractivity contribution in [1.29, 1.82) is 0 Å². The number of carbonyl (C=O) groups is 1. The highest BCUT2D eigenvalue weighted by molar-refractivity contribution is 7.80. The van der Waals surface area contributed by atoms with Gasteiger partial charge in [0.25, 0.3) is 5.91 Å². The average Bonchev–Trinajstić information content (AvgIpc) is 2.34. The number of benzene rings is 1. The van der Waals surface area contributed by atoms with Gasteiger partial charge in [0.15, 0.2) is 0 Å². The molecule has 3 N–H and O–H groups in total. The lowest BCUT2D eigenvalue weighted by molar-refractivity contribution is 0.0920. The van der Waals surface area contributed by atoms with Crippen LogP contribution in [0.15, 0.2) is 18.2 Å². The highest BCUT2D eigenvalue weighted by Crippen LogP contribution is 2.21. The van der Waals surface area contributed by atoms with E-state index in [2.05, 4.69) is 5.32 Å². The number of thiocarbonyl (C=S) groups is 1. The Bertz CT molecular complexity index is 481. The molecule has 1 rings (SSSR count). The van der Waals surface area contributed by atoms with Crippen molar-refractivity contribution in [3.63, 3.8) is 0 Å². The lowest BCUT2D eigenvalue weighted by Gasteiger charge is -2.31. The fraction of sp³-hybridized carbons (Fsp3) is 0.385. The summed E-state index contributed by atoms with van der Waals surface area (Å²) in [4.78, 5) is 12.5. The molecule has 0 bridgehead atoms. The largest absolute Gasteiger partial charge is 0.391 e. The molecule has 19 heavy (non-hydrogen) atoms. The molecule has 0 atom stereocenters. The first-order chi connectivity index (χ1) is 8.84. The number of nitrogens with two attached hydrogens (primary N) is 1. The predicted molar refractivity (Wildman–Crippen MR) is 84.0 cm³/mol. The van der Waals surface area contributed by atoms with E-state index in [0.29, 0.717) is 28.5 Å². The highest BCUT2D eigenvalue weighted by Gasteiger charge is 2.31. The Labute approximate surface area is 128 Å². The van der Waals surface area contributed by atoms with E-state index in [-0.39, 0.29) is 10.9 Å². The van der Waals surface area contributed by atoms with Crippen molar-refractivity contribution in [2.45, 2.75) is 32.2 Å². The van der Waals surface area contributed by atoms with Crippen LogP contribution >= 0.6 is 35.4 Å². The highest BCUT2D eigenvalue weighted by atomic mass is 35.5. The van der Waals surface area contributed by atoms with E-state index < -0.39 is 5.54 Å². The molecule has 1 aromatic carbocycles. The normalized spacial score (nSPS) is 11.2. The van der Waals surface area contributed by atoms with Gasteiger partial charge in [0.05, 0.1) is 10.5 Å². The van der Waals surface area contributed by atoms with Crippen molar-refractivity contribution in [3.8, 4) is 0 Å². The first-order valence-electron chi connectivity index (χ1n) is 5.93. The van der Waals surface area contributed by atoms with Gasteiger partial charge >= 0.3 is 0 Å². The van der Waals surface area contributed by atoms with Gasteiger partial charge in [-0.1, -0.05) is 49.3 Å². The molecule has 0 fully saturated rings. The zero-order valence-corrected chi connectivity index (χ0v) is 13.1. The standard InChI is InChI=1S/C13H16Cl2N2OS/c1-3-13(4-2,12(16)19)17-11(18)8-5-9(14)7-10(15)6-8/h5-7H,3-4H2,1-2H3,(H2,16,19)(H,17,18). The number of hydrogen-bond donors (Lipinski definition) is 2. The second kappa shape index (κ2) is 6.55. The Kier molecular flexibility index (Phi) is 5.59. The lowest BCUT2D eigenvalue weighted by Crippen LogP contribution is -2.55. The van der Waals surface area contributed by atoms with Crippen LogP contribution in [0.3, 0.4) is 0 Å². The maximum Gasteiger partial charge on any atom is 0.252 e. The summed E-state index contributed by atoms with van der Waals surface area (Å²) in [6.45, 7) is 3.85. The van der Waals surface area contributed by atoms with Crippen LogP contribution in [0.2, 0.25) is 10.0 Å². The van der Waals surface area contributed by atoms with Crippen molar-refractivity contribution in [2.24, 2.45) is 5.73 Å². The van der Waals surface area contributed by atoms with E-state index >= 15 is 0 Å². The van der Waals surface area contributed by atoms with Gasteiger partial charge in [-0.2, -0.15) is 0 Å².